The highest BCUT2D eigenvalue weighted by Gasteiger charge is 1.98. The average molecular weight is 178 g/mol. The van der Waals surface area contributed by atoms with E-state index in [1.54, 1.807) is 0 Å². The molecule has 70 valence electrons. The molecule has 0 fully saturated rings. The van der Waals surface area contributed by atoms with Gasteiger partial charge in [-0.25, -0.2) is 0 Å². The zero-order valence-corrected chi connectivity index (χ0v) is 7.92. The first-order valence-electron chi connectivity index (χ1n) is 4.19. The van der Waals surface area contributed by atoms with Crippen molar-refractivity contribution in [2.45, 2.75) is 13.8 Å². The molecule has 0 heterocycles. The number of carbonyl (C=O) groups is 1. The first kappa shape index (κ1) is 9.58. The minimum atomic E-state index is -0.347. The van der Waals surface area contributed by atoms with Crippen LogP contribution >= 0.6 is 0 Å². The molecule has 0 saturated heterocycles. The Hall–Kier alpha value is -1.51. The summed E-state index contributed by atoms with van der Waals surface area (Å²) in [7, 11) is 0. The van der Waals surface area contributed by atoms with E-state index >= 15 is 0 Å². The first-order chi connectivity index (χ1) is 6.09. The molecule has 3 N–H and O–H groups in total. The van der Waals surface area contributed by atoms with Gasteiger partial charge in [0.25, 0.3) is 0 Å². The zero-order chi connectivity index (χ0) is 9.84. The zero-order valence-electron chi connectivity index (χ0n) is 7.92. The van der Waals surface area contributed by atoms with Crippen molar-refractivity contribution in [3.8, 4) is 0 Å². The third-order valence-corrected chi connectivity index (χ3v) is 1.83. The van der Waals surface area contributed by atoms with E-state index in [2.05, 4.69) is 11.4 Å². The normalized spacial score (nSPS) is 9.69. The quantitative estimate of drug-likeness (QED) is 0.730. The third kappa shape index (κ3) is 2.78. The van der Waals surface area contributed by atoms with Crippen LogP contribution in [0.1, 0.15) is 11.1 Å². The molecule has 13 heavy (non-hydrogen) atoms. The van der Waals surface area contributed by atoms with Gasteiger partial charge in [-0.15, -0.1) is 0 Å². The standard InChI is InChI=1S/C10H14N2O/c1-7-3-4-9(8(2)5-7)12-6-10(11)13/h3-5,12H,6H2,1-2H3,(H2,11,13). The Morgan fingerprint density at radius 3 is 2.69 bits per heavy atom. The number of aryl methyl sites for hydroxylation is 2. The lowest BCUT2D eigenvalue weighted by atomic mass is 10.1. The monoisotopic (exact) mass is 178 g/mol. The van der Waals surface area contributed by atoms with Crippen LogP contribution in [0.4, 0.5) is 5.69 Å². The van der Waals surface area contributed by atoms with Crippen molar-refractivity contribution in [3.63, 3.8) is 0 Å². The summed E-state index contributed by atoms with van der Waals surface area (Å²) in [6, 6.07) is 6.01. The van der Waals surface area contributed by atoms with Gasteiger partial charge in [-0.05, 0) is 25.5 Å². The fourth-order valence-corrected chi connectivity index (χ4v) is 1.19. The summed E-state index contributed by atoms with van der Waals surface area (Å²) in [6.45, 7) is 4.21. The van der Waals surface area contributed by atoms with Gasteiger partial charge >= 0.3 is 0 Å². The predicted molar refractivity (Wildman–Crippen MR) is 53.6 cm³/mol. The number of rotatable bonds is 3. The van der Waals surface area contributed by atoms with Crippen molar-refractivity contribution in [1.82, 2.24) is 0 Å². The van der Waals surface area contributed by atoms with Crippen molar-refractivity contribution in [2.24, 2.45) is 5.73 Å². The lowest BCUT2D eigenvalue weighted by molar-refractivity contribution is -0.116. The second kappa shape index (κ2) is 3.94. The summed E-state index contributed by atoms with van der Waals surface area (Å²) in [4.78, 5) is 10.5. The number of carbonyl (C=O) groups excluding carboxylic acids is 1. The van der Waals surface area contributed by atoms with Gasteiger partial charge in [-0.2, -0.15) is 0 Å². The van der Waals surface area contributed by atoms with E-state index in [-0.39, 0.29) is 12.5 Å². The molecule has 0 radical (unpaired) electrons. The van der Waals surface area contributed by atoms with E-state index < -0.39 is 0 Å². The largest absolute Gasteiger partial charge is 0.376 e. The molecule has 3 nitrogen and oxygen atoms in total. The highest BCUT2D eigenvalue weighted by Crippen LogP contribution is 2.15. The van der Waals surface area contributed by atoms with Crippen LogP contribution in [0.25, 0.3) is 0 Å². The molecule has 3 heteroatoms. The van der Waals surface area contributed by atoms with Crippen molar-refractivity contribution in [1.29, 1.82) is 0 Å². The Bertz CT molecular complexity index is 321. The van der Waals surface area contributed by atoms with Crippen LogP contribution < -0.4 is 11.1 Å². The van der Waals surface area contributed by atoms with Crippen LogP contribution in [0.5, 0.6) is 0 Å². The van der Waals surface area contributed by atoms with Gasteiger partial charge in [-0.3, -0.25) is 4.79 Å². The maximum absolute atomic E-state index is 10.5. The molecule has 0 aliphatic carbocycles. The molecule has 0 bridgehead atoms. The van der Waals surface area contributed by atoms with Gasteiger partial charge in [-0.1, -0.05) is 17.7 Å². The summed E-state index contributed by atoms with van der Waals surface area (Å²) in [5.74, 6) is -0.347. The summed E-state index contributed by atoms with van der Waals surface area (Å²) in [5.41, 5.74) is 8.32. The molecular formula is C10H14N2O. The number of benzene rings is 1. The number of amides is 1. The van der Waals surface area contributed by atoms with Gasteiger partial charge < -0.3 is 11.1 Å². The maximum atomic E-state index is 10.5. The summed E-state index contributed by atoms with van der Waals surface area (Å²) >= 11 is 0. The Kier molecular flexibility index (Phi) is 2.90. The van der Waals surface area contributed by atoms with E-state index in [0.29, 0.717) is 0 Å². The highest BCUT2D eigenvalue weighted by molar-refractivity contribution is 5.79. The number of nitrogens with one attached hydrogen (secondary N) is 1. The molecule has 0 aliphatic heterocycles. The minimum Gasteiger partial charge on any atom is -0.376 e. The van der Waals surface area contributed by atoms with Gasteiger partial charge in [0.05, 0.1) is 6.54 Å². The number of hydrogen-bond donors (Lipinski definition) is 2. The van der Waals surface area contributed by atoms with Crippen molar-refractivity contribution in [3.05, 3.63) is 29.3 Å². The molecule has 0 saturated carbocycles. The Labute approximate surface area is 77.9 Å². The van der Waals surface area contributed by atoms with E-state index in [9.17, 15) is 4.79 Å². The third-order valence-electron chi connectivity index (χ3n) is 1.83. The maximum Gasteiger partial charge on any atom is 0.236 e. The average Bonchev–Trinajstić information content (AvgIpc) is 2.02. The number of anilines is 1. The molecule has 0 aromatic heterocycles. The fraction of sp³-hybridized carbons (Fsp3) is 0.300. The molecule has 1 aromatic carbocycles. The summed E-state index contributed by atoms with van der Waals surface area (Å²) < 4.78 is 0. The highest BCUT2D eigenvalue weighted by atomic mass is 16.1. The van der Waals surface area contributed by atoms with Gasteiger partial charge in [0.15, 0.2) is 0 Å². The Morgan fingerprint density at radius 1 is 1.46 bits per heavy atom. The molecule has 1 amide bonds. The Balaban J connectivity index is 2.72. The van der Waals surface area contributed by atoms with Crippen LogP contribution in [-0.4, -0.2) is 12.5 Å². The molecule has 0 unspecified atom stereocenters. The van der Waals surface area contributed by atoms with E-state index in [4.69, 9.17) is 5.73 Å². The summed E-state index contributed by atoms with van der Waals surface area (Å²) in [6.07, 6.45) is 0. The molecule has 0 atom stereocenters. The molecule has 0 aliphatic rings. The Morgan fingerprint density at radius 2 is 2.15 bits per heavy atom. The van der Waals surface area contributed by atoms with Crippen molar-refractivity contribution in [2.75, 3.05) is 11.9 Å². The van der Waals surface area contributed by atoms with Crippen LogP contribution in [-0.2, 0) is 4.79 Å². The van der Waals surface area contributed by atoms with Gasteiger partial charge in [0, 0.05) is 5.69 Å². The number of primary amides is 1. The van der Waals surface area contributed by atoms with Crippen molar-refractivity contribution < 1.29 is 4.79 Å². The lowest BCUT2D eigenvalue weighted by Gasteiger charge is -2.07. The SMILES string of the molecule is Cc1ccc(NCC(N)=O)c(C)c1. The minimum absolute atomic E-state index is 0.184. The molecular weight excluding hydrogens is 164 g/mol. The first-order valence-corrected chi connectivity index (χ1v) is 4.19. The van der Waals surface area contributed by atoms with Crippen LogP contribution in [0, 0.1) is 13.8 Å². The van der Waals surface area contributed by atoms with Crippen LogP contribution in [0.2, 0.25) is 0 Å². The molecule has 1 aromatic rings. The van der Waals surface area contributed by atoms with Gasteiger partial charge in [0.1, 0.15) is 0 Å². The van der Waals surface area contributed by atoms with E-state index in [0.717, 1.165) is 11.3 Å². The second-order valence-electron chi connectivity index (χ2n) is 3.14. The lowest BCUT2D eigenvalue weighted by Crippen LogP contribution is -2.22. The van der Waals surface area contributed by atoms with Gasteiger partial charge in [0.2, 0.25) is 5.91 Å². The van der Waals surface area contributed by atoms with Crippen LogP contribution in [0.15, 0.2) is 18.2 Å². The van der Waals surface area contributed by atoms with Crippen LogP contribution in [0.3, 0.4) is 0 Å². The predicted octanol–water partition coefficient (Wildman–Crippen LogP) is 1.20. The summed E-state index contributed by atoms with van der Waals surface area (Å²) in [5, 5.41) is 2.97. The topological polar surface area (TPSA) is 55.1 Å². The van der Waals surface area contributed by atoms with Crippen molar-refractivity contribution >= 4 is 11.6 Å². The molecule has 1 rings (SSSR count). The number of hydrogen-bond acceptors (Lipinski definition) is 2. The molecule has 0 spiro atoms. The van der Waals surface area contributed by atoms with E-state index in [1.807, 2.05) is 26.0 Å². The fourth-order valence-electron chi connectivity index (χ4n) is 1.19. The van der Waals surface area contributed by atoms with E-state index in [1.165, 1.54) is 5.56 Å². The second-order valence-corrected chi connectivity index (χ2v) is 3.14. The number of nitrogens with two attached hydrogens (primary N) is 1. The smallest absolute Gasteiger partial charge is 0.236 e.